The molecule has 0 aliphatic carbocycles. The van der Waals surface area contributed by atoms with Crippen LogP contribution in [-0.4, -0.2) is 25.5 Å². The summed E-state index contributed by atoms with van der Waals surface area (Å²) in [5, 5.41) is 6.59. The minimum atomic E-state index is 0.165. The lowest BCUT2D eigenvalue weighted by molar-refractivity contribution is -0.121. The van der Waals surface area contributed by atoms with Gasteiger partial charge in [0.05, 0.1) is 0 Å². The molecule has 26 heavy (non-hydrogen) atoms. The second-order valence-electron chi connectivity index (χ2n) is 7.35. The Bertz CT molecular complexity index is 650. The number of benzene rings is 2. The lowest BCUT2D eigenvalue weighted by atomic mass is 9.89. The van der Waals surface area contributed by atoms with E-state index in [1.165, 1.54) is 24.0 Å². The molecule has 2 N–H and O–H groups in total. The van der Waals surface area contributed by atoms with E-state index in [0.717, 1.165) is 32.5 Å². The molecule has 1 amide bonds. The van der Waals surface area contributed by atoms with E-state index < -0.39 is 0 Å². The van der Waals surface area contributed by atoms with Crippen molar-refractivity contribution < 1.29 is 4.79 Å². The second-order valence-corrected chi connectivity index (χ2v) is 7.35. The Kier molecular flexibility index (Phi) is 7.26. The number of hydrogen-bond donors (Lipinski definition) is 2. The van der Waals surface area contributed by atoms with Crippen LogP contribution in [0.1, 0.15) is 42.7 Å². The highest BCUT2D eigenvalue weighted by Gasteiger charge is 2.17. The van der Waals surface area contributed by atoms with Crippen molar-refractivity contribution in [2.24, 2.45) is 5.92 Å². The third kappa shape index (κ3) is 5.99. The van der Waals surface area contributed by atoms with Gasteiger partial charge in [-0.25, -0.2) is 0 Å². The van der Waals surface area contributed by atoms with Crippen LogP contribution in [0.25, 0.3) is 0 Å². The van der Waals surface area contributed by atoms with Gasteiger partial charge in [0.15, 0.2) is 0 Å². The maximum atomic E-state index is 12.5. The fourth-order valence-electron chi connectivity index (χ4n) is 3.81. The number of nitrogens with one attached hydrogen (secondary N) is 2. The highest BCUT2D eigenvalue weighted by atomic mass is 16.1. The summed E-state index contributed by atoms with van der Waals surface area (Å²) >= 11 is 0. The third-order valence-corrected chi connectivity index (χ3v) is 5.30. The number of carbonyl (C=O) groups is 1. The molecule has 2 unspecified atom stereocenters. The standard InChI is InChI=1S/C23H30N2O/c26-23(25-15-13-20-10-7-14-24-18-20)17-22(21-11-5-2-6-12-21)16-19-8-3-1-4-9-19/h1-6,8-9,11-12,20,22,24H,7,10,13-18H2,(H,25,26). The highest BCUT2D eigenvalue weighted by molar-refractivity contribution is 5.76. The van der Waals surface area contributed by atoms with E-state index in [2.05, 4.69) is 59.2 Å². The van der Waals surface area contributed by atoms with Gasteiger partial charge in [-0.2, -0.15) is 0 Å². The van der Waals surface area contributed by atoms with Crippen molar-refractivity contribution >= 4 is 5.91 Å². The van der Waals surface area contributed by atoms with Gasteiger partial charge >= 0.3 is 0 Å². The molecule has 2 aromatic carbocycles. The van der Waals surface area contributed by atoms with Crippen LogP contribution in [0, 0.1) is 5.92 Å². The fraction of sp³-hybridized carbons (Fsp3) is 0.435. The van der Waals surface area contributed by atoms with Crippen LogP contribution in [0.5, 0.6) is 0 Å². The van der Waals surface area contributed by atoms with E-state index in [4.69, 9.17) is 0 Å². The van der Waals surface area contributed by atoms with Gasteiger partial charge in [0.25, 0.3) is 0 Å². The zero-order valence-corrected chi connectivity index (χ0v) is 15.5. The lowest BCUT2D eigenvalue weighted by Gasteiger charge is -2.23. The van der Waals surface area contributed by atoms with Crippen molar-refractivity contribution in [2.75, 3.05) is 19.6 Å². The Balaban J connectivity index is 1.53. The molecule has 1 aliphatic rings. The van der Waals surface area contributed by atoms with Crippen molar-refractivity contribution in [1.82, 2.24) is 10.6 Å². The van der Waals surface area contributed by atoms with Gasteiger partial charge in [-0.05, 0) is 61.7 Å². The molecule has 0 saturated carbocycles. The van der Waals surface area contributed by atoms with Crippen LogP contribution in [0.2, 0.25) is 0 Å². The summed E-state index contributed by atoms with van der Waals surface area (Å²) in [5.41, 5.74) is 2.52. The smallest absolute Gasteiger partial charge is 0.220 e. The van der Waals surface area contributed by atoms with E-state index in [0.29, 0.717) is 12.3 Å². The number of rotatable bonds is 8. The Labute approximate surface area is 157 Å². The van der Waals surface area contributed by atoms with Gasteiger partial charge in [-0.15, -0.1) is 0 Å². The van der Waals surface area contributed by atoms with Gasteiger partial charge < -0.3 is 10.6 Å². The van der Waals surface area contributed by atoms with Crippen LogP contribution < -0.4 is 10.6 Å². The number of carbonyl (C=O) groups excluding carboxylic acids is 1. The molecule has 138 valence electrons. The average Bonchev–Trinajstić information content (AvgIpc) is 2.70. The monoisotopic (exact) mass is 350 g/mol. The Morgan fingerprint density at radius 1 is 1.08 bits per heavy atom. The first-order chi connectivity index (χ1) is 12.8. The van der Waals surface area contributed by atoms with Gasteiger partial charge in [0.1, 0.15) is 0 Å². The first-order valence-corrected chi connectivity index (χ1v) is 9.87. The largest absolute Gasteiger partial charge is 0.356 e. The maximum absolute atomic E-state index is 12.5. The topological polar surface area (TPSA) is 41.1 Å². The van der Waals surface area contributed by atoms with Crippen LogP contribution >= 0.6 is 0 Å². The molecule has 0 aromatic heterocycles. The predicted molar refractivity (Wildman–Crippen MR) is 107 cm³/mol. The SMILES string of the molecule is O=C(CC(Cc1ccccc1)c1ccccc1)NCCC1CCCNC1. The molecule has 1 heterocycles. The highest BCUT2D eigenvalue weighted by Crippen LogP contribution is 2.24. The minimum absolute atomic E-state index is 0.165. The molecular weight excluding hydrogens is 320 g/mol. The Morgan fingerprint density at radius 3 is 2.50 bits per heavy atom. The first-order valence-electron chi connectivity index (χ1n) is 9.87. The molecule has 1 saturated heterocycles. The Hall–Kier alpha value is -2.13. The van der Waals surface area contributed by atoms with Crippen molar-refractivity contribution in [2.45, 2.75) is 38.0 Å². The van der Waals surface area contributed by atoms with E-state index in [-0.39, 0.29) is 11.8 Å². The molecular formula is C23H30N2O. The van der Waals surface area contributed by atoms with Crippen molar-refractivity contribution in [3.8, 4) is 0 Å². The zero-order valence-electron chi connectivity index (χ0n) is 15.5. The molecule has 0 radical (unpaired) electrons. The summed E-state index contributed by atoms with van der Waals surface area (Å²) in [4.78, 5) is 12.5. The number of hydrogen-bond acceptors (Lipinski definition) is 2. The van der Waals surface area contributed by atoms with E-state index >= 15 is 0 Å². The second kappa shape index (κ2) is 10.1. The van der Waals surface area contributed by atoms with Crippen LogP contribution in [0.15, 0.2) is 60.7 Å². The van der Waals surface area contributed by atoms with E-state index in [1.807, 2.05) is 12.1 Å². The summed E-state index contributed by atoms with van der Waals surface area (Å²) < 4.78 is 0. The summed E-state index contributed by atoms with van der Waals surface area (Å²) in [6.07, 6.45) is 5.05. The summed E-state index contributed by atoms with van der Waals surface area (Å²) in [6.45, 7) is 3.02. The summed E-state index contributed by atoms with van der Waals surface area (Å²) in [7, 11) is 0. The quantitative estimate of drug-likeness (QED) is 0.758. The van der Waals surface area contributed by atoms with Gasteiger partial charge in [0.2, 0.25) is 5.91 Å². The fourth-order valence-corrected chi connectivity index (χ4v) is 3.81. The number of amides is 1. The predicted octanol–water partition coefficient (Wildman–Crippen LogP) is 3.91. The lowest BCUT2D eigenvalue weighted by Crippen LogP contribution is -2.33. The molecule has 2 aromatic rings. The summed E-state index contributed by atoms with van der Waals surface area (Å²) in [6, 6.07) is 20.9. The average molecular weight is 351 g/mol. The molecule has 2 atom stereocenters. The summed E-state index contributed by atoms with van der Waals surface area (Å²) in [5.74, 6) is 1.09. The normalized spacial score (nSPS) is 18.2. The van der Waals surface area contributed by atoms with Crippen molar-refractivity contribution in [1.29, 1.82) is 0 Å². The van der Waals surface area contributed by atoms with Crippen LogP contribution in [0.3, 0.4) is 0 Å². The molecule has 1 aliphatic heterocycles. The van der Waals surface area contributed by atoms with Crippen LogP contribution in [-0.2, 0) is 11.2 Å². The molecule has 0 spiro atoms. The van der Waals surface area contributed by atoms with E-state index in [1.54, 1.807) is 0 Å². The van der Waals surface area contributed by atoms with Gasteiger partial charge in [0, 0.05) is 13.0 Å². The van der Waals surface area contributed by atoms with Gasteiger partial charge in [-0.1, -0.05) is 60.7 Å². The molecule has 1 fully saturated rings. The maximum Gasteiger partial charge on any atom is 0.220 e. The molecule has 3 nitrogen and oxygen atoms in total. The molecule has 3 rings (SSSR count). The van der Waals surface area contributed by atoms with Gasteiger partial charge in [-0.3, -0.25) is 4.79 Å². The van der Waals surface area contributed by atoms with Crippen LogP contribution in [0.4, 0.5) is 0 Å². The Morgan fingerprint density at radius 2 is 1.81 bits per heavy atom. The zero-order chi connectivity index (χ0) is 18.0. The molecule has 0 bridgehead atoms. The third-order valence-electron chi connectivity index (χ3n) is 5.30. The minimum Gasteiger partial charge on any atom is -0.356 e. The number of piperidine rings is 1. The molecule has 3 heteroatoms. The van der Waals surface area contributed by atoms with E-state index in [9.17, 15) is 4.79 Å². The first kappa shape index (κ1) is 18.7. The van der Waals surface area contributed by atoms with Crippen molar-refractivity contribution in [3.63, 3.8) is 0 Å². The van der Waals surface area contributed by atoms with Crippen molar-refractivity contribution in [3.05, 3.63) is 71.8 Å².